The van der Waals surface area contributed by atoms with Crippen LogP contribution in [0.3, 0.4) is 0 Å². The van der Waals surface area contributed by atoms with Gasteiger partial charge in [-0.25, -0.2) is 19.2 Å². The number of fused-ring (bicyclic) bond motifs is 1. The lowest BCUT2D eigenvalue weighted by Crippen LogP contribution is -2.44. The number of aromatic nitrogens is 3. The first-order valence-electron chi connectivity index (χ1n) is 11.2. The second-order valence-corrected chi connectivity index (χ2v) is 9.97. The van der Waals surface area contributed by atoms with Crippen molar-refractivity contribution in [2.45, 2.75) is 45.4 Å². The van der Waals surface area contributed by atoms with E-state index in [0.29, 0.717) is 10.7 Å². The second-order valence-electron chi connectivity index (χ2n) is 9.54. The summed E-state index contributed by atoms with van der Waals surface area (Å²) in [5.41, 5.74) is -1.30. The molecule has 190 valence electrons. The van der Waals surface area contributed by atoms with Gasteiger partial charge in [0, 0.05) is 17.4 Å². The number of nitrogens with one attached hydrogen (secondary N) is 2. The lowest BCUT2D eigenvalue weighted by molar-refractivity contribution is 0.0562. The maximum absolute atomic E-state index is 15.2. The second kappa shape index (κ2) is 9.63. The standard InChI is InChI=1S/C25H23ClFN7O3/c1-24(2,3)37-23(36)32-20-21-30-12-16(10-28)34(21)13-25(4,33-20)17-9-15(6-7-18(17)27)31-22(35)19-8-5-14(26)11-29-19/h5-9,11-12H,13H2,1-4H3,(H,31,35)(H,32,33,36)/t25-/m0/s1. The number of halogens is 2. The summed E-state index contributed by atoms with van der Waals surface area (Å²) in [5, 5.41) is 15.2. The third-order valence-corrected chi connectivity index (χ3v) is 5.61. The van der Waals surface area contributed by atoms with Crippen LogP contribution in [0.4, 0.5) is 14.9 Å². The summed E-state index contributed by atoms with van der Waals surface area (Å²) in [6.45, 7) is 6.84. The number of amidine groups is 1. The van der Waals surface area contributed by atoms with Gasteiger partial charge in [-0.3, -0.25) is 15.1 Å². The minimum absolute atomic E-state index is 0.0173. The zero-order chi connectivity index (χ0) is 27.0. The number of aliphatic imine (C=N–C) groups is 1. The van der Waals surface area contributed by atoms with Crippen LogP contribution < -0.4 is 10.6 Å². The van der Waals surface area contributed by atoms with Crippen LogP contribution in [-0.2, 0) is 16.8 Å². The third-order valence-electron chi connectivity index (χ3n) is 5.39. The molecule has 10 nitrogen and oxygen atoms in total. The molecule has 0 spiro atoms. The van der Waals surface area contributed by atoms with Gasteiger partial charge in [0.1, 0.15) is 34.4 Å². The van der Waals surface area contributed by atoms with Gasteiger partial charge in [0.25, 0.3) is 5.91 Å². The predicted octanol–water partition coefficient (Wildman–Crippen LogP) is 4.39. The smallest absolute Gasteiger partial charge is 0.413 e. The summed E-state index contributed by atoms with van der Waals surface area (Å²) in [6.07, 6.45) is 1.92. The molecule has 4 rings (SSSR count). The van der Waals surface area contributed by atoms with E-state index in [4.69, 9.17) is 16.3 Å². The number of imidazole rings is 1. The Morgan fingerprint density at radius 1 is 1.19 bits per heavy atom. The average Bonchev–Trinajstić information content (AvgIpc) is 3.22. The van der Waals surface area contributed by atoms with Crippen LogP contribution in [0.5, 0.6) is 0 Å². The molecule has 1 aliphatic rings. The van der Waals surface area contributed by atoms with E-state index in [1.54, 1.807) is 32.3 Å². The highest BCUT2D eigenvalue weighted by atomic mass is 35.5. The molecule has 1 aromatic carbocycles. The monoisotopic (exact) mass is 523 g/mol. The molecule has 2 amide bonds. The van der Waals surface area contributed by atoms with Crippen molar-refractivity contribution in [3.8, 4) is 6.07 Å². The van der Waals surface area contributed by atoms with E-state index in [2.05, 4.69) is 25.6 Å². The summed E-state index contributed by atoms with van der Waals surface area (Å²) in [7, 11) is 0. The Kier molecular flexibility index (Phi) is 6.71. The third kappa shape index (κ3) is 5.59. The number of carbonyl (C=O) groups excluding carboxylic acids is 2. The summed E-state index contributed by atoms with van der Waals surface area (Å²) in [4.78, 5) is 38.0. The molecule has 0 unspecified atom stereocenters. The highest BCUT2D eigenvalue weighted by Crippen LogP contribution is 2.35. The zero-order valence-corrected chi connectivity index (χ0v) is 21.2. The van der Waals surface area contributed by atoms with E-state index >= 15 is 4.39 Å². The maximum Gasteiger partial charge on any atom is 0.413 e. The van der Waals surface area contributed by atoms with Crippen molar-refractivity contribution >= 4 is 35.1 Å². The van der Waals surface area contributed by atoms with E-state index in [1.165, 1.54) is 42.7 Å². The Labute approximate surface area is 217 Å². The molecule has 0 aliphatic carbocycles. The molecule has 3 aromatic rings. The molecular weight excluding hydrogens is 501 g/mol. The molecule has 0 fully saturated rings. The largest absolute Gasteiger partial charge is 0.444 e. The molecule has 0 saturated heterocycles. The first-order valence-corrected chi connectivity index (χ1v) is 11.5. The van der Waals surface area contributed by atoms with Crippen molar-refractivity contribution in [2.24, 2.45) is 4.99 Å². The van der Waals surface area contributed by atoms with Crippen molar-refractivity contribution in [1.29, 1.82) is 5.26 Å². The van der Waals surface area contributed by atoms with E-state index < -0.39 is 29.0 Å². The van der Waals surface area contributed by atoms with Crippen LogP contribution >= 0.6 is 11.6 Å². The molecule has 3 heterocycles. The van der Waals surface area contributed by atoms with Gasteiger partial charge >= 0.3 is 6.09 Å². The molecule has 2 aromatic heterocycles. The fourth-order valence-electron chi connectivity index (χ4n) is 3.80. The molecule has 2 N–H and O–H groups in total. The number of pyridine rings is 1. The number of nitrogens with zero attached hydrogens (tertiary/aromatic N) is 5. The van der Waals surface area contributed by atoms with Crippen molar-refractivity contribution in [3.05, 3.63) is 76.3 Å². The number of alkyl carbamates (subject to hydrolysis) is 1. The predicted molar refractivity (Wildman–Crippen MR) is 134 cm³/mol. The van der Waals surface area contributed by atoms with Crippen LogP contribution in [0.1, 0.15) is 55.3 Å². The molecular formula is C25H23ClFN7O3. The van der Waals surface area contributed by atoms with E-state index in [-0.39, 0.29) is 35.2 Å². The first kappa shape index (κ1) is 25.8. The quantitative estimate of drug-likeness (QED) is 0.522. The topological polar surface area (TPSA) is 134 Å². The van der Waals surface area contributed by atoms with E-state index in [0.717, 1.165) is 0 Å². The van der Waals surface area contributed by atoms with Crippen molar-refractivity contribution in [1.82, 2.24) is 19.9 Å². The Morgan fingerprint density at radius 3 is 2.59 bits per heavy atom. The van der Waals surface area contributed by atoms with Crippen molar-refractivity contribution in [3.63, 3.8) is 0 Å². The van der Waals surface area contributed by atoms with Crippen LogP contribution in [0, 0.1) is 17.1 Å². The SMILES string of the molecule is CC(C)(C)OC(=O)NC1=N[C@](C)(c2cc(NC(=O)c3ccc(Cl)cn3)ccc2F)Cn2c(C#N)cnc21. The van der Waals surface area contributed by atoms with Gasteiger partial charge in [-0.1, -0.05) is 11.6 Å². The number of rotatable bonds is 3. The number of amides is 2. The summed E-state index contributed by atoms with van der Waals surface area (Å²) in [5.74, 6) is -0.850. The fourth-order valence-corrected chi connectivity index (χ4v) is 3.92. The van der Waals surface area contributed by atoms with Gasteiger partial charge in [-0.2, -0.15) is 5.26 Å². The molecule has 0 radical (unpaired) electrons. The number of ether oxygens (including phenoxy) is 1. The van der Waals surface area contributed by atoms with Crippen molar-refractivity contribution in [2.75, 3.05) is 5.32 Å². The van der Waals surface area contributed by atoms with Crippen LogP contribution in [0.25, 0.3) is 0 Å². The molecule has 12 heteroatoms. The minimum Gasteiger partial charge on any atom is -0.444 e. The lowest BCUT2D eigenvalue weighted by Gasteiger charge is -2.33. The van der Waals surface area contributed by atoms with Gasteiger partial charge in [0.05, 0.1) is 17.8 Å². The fraction of sp³-hybridized carbons (Fsp3) is 0.280. The molecule has 1 aliphatic heterocycles. The number of hydrogen-bond acceptors (Lipinski definition) is 7. The van der Waals surface area contributed by atoms with Crippen molar-refractivity contribution < 1.29 is 18.7 Å². The van der Waals surface area contributed by atoms with E-state index in [1.807, 2.05) is 6.07 Å². The Hall–Kier alpha value is -4.30. The highest BCUT2D eigenvalue weighted by molar-refractivity contribution is 6.30. The summed E-state index contributed by atoms with van der Waals surface area (Å²) < 4.78 is 22.1. The van der Waals surface area contributed by atoms with Crippen LogP contribution in [-0.4, -0.2) is 38.0 Å². The van der Waals surface area contributed by atoms with Crippen LogP contribution in [0.15, 0.2) is 47.7 Å². The first-order chi connectivity index (χ1) is 17.4. The highest BCUT2D eigenvalue weighted by Gasteiger charge is 2.38. The van der Waals surface area contributed by atoms with Gasteiger partial charge in [0.2, 0.25) is 0 Å². The molecule has 0 saturated carbocycles. The Balaban J connectivity index is 1.71. The summed E-state index contributed by atoms with van der Waals surface area (Å²) in [6, 6.07) is 9.11. The number of anilines is 1. The maximum atomic E-state index is 15.2. The number of benzene rings is 1. The number of nitriles is 1. The number of hydrogen-bond donors (Lipinski definition) is 2. The van der Waals surface area contributed by atoms with E-state index in [9.17, 15) is 14.9 Å². The van der Waals surface area contributed by atoms with Gasteiger partial charge in [-0.15, -0.1) is 0 Å². The normalized spacial score (nSPS) is 16.7. The van der Waals surface area contributed by atoms with Crippen LogP contribution in [0.2, 0.25) is 5.02 Å². The summed E-state index contributed by atoms with van der Waals surface area (Å²) >= 11 is 5.83. The van der Waals surface area contributed by atoms with Gasteiger partial charge < -0.3 is 14.6 Å². The Morgan fingerprint density at radius 2 is 1.95 bits per heavy atom. The molecule has 1 atom stereocenters. The average molecular weight is 524 g/mol. The number of carbonyl (C=O) groups is 2. The lowest BCUT2D eigenvalue weighted by atomic mass is 9.90. The Bertz CT molecular complexity index is 1450. The van der Waals surface area contributed by atoms with Gasteiger partial charge in [0.15, 0.2) is 11.7 Å². The molecule has 0 bridgehead atoms. The van der Waals surface area contributed by atoms with Gasteiger partial charge in [-0.05, 0) is 58.0 Å². The zero-order valence-electron chi connectivity index (χ0n) is 20.5. The minimum atomic E-state index is -1.28. The molecule has 37 heavy (non-hydrogen) atoms.